The molecular formula is C16H27N3. The molecule has 0 bridgehead atoms. The number of hydrazine groups is 1. The third-order valence-electron chi connectivity index (χ3n) is 4.64. The Morgan fingerprint density at radius 1 is 1.11 bits per heavy atom. The Kier molecular flexibility index (Phi) is 4.29. The first kappa shape index (κ1) is 14.5. The zero-order chi connectivity index (χ0) is 14.0. The lowest BCUT2D eigenvalue weighted by Crippen LogP contribution is -2.53. The number of rotatable bonds is 4. The Hall–Kier alpha value is -0.900. The summed E-state index contributed by atoms with van der Waals surface area (Å²) >= 11 is 0. The second kappa shape index (κ2) is 5.61. The van der Waals surface area contributed by atoms with Crippen molar-refractivity contribution in [3.63, 3.8) is 0 Å². The molecule has 3 heteroatoms. The van der Waals surface area contributed by atoms with Crippen LogP contribution in [0, 0.1) is 13.8 Å². The molecule has 2 rings (SSSR count). The highest BCUT2D eigenvalue weighted by Crippen LogP contribution is 2.43. The first-order valence-electron chi connectivity index (χ1n) is 7.21. The van der Waals surface area contributed by atoms with Gasteiger partial charge in [-0.05, 0) is 46.3 Å². The van der Waals surface area contributed by atoms with Crippen molar-refractivity contribution in [2.24, 2.45) is 5.84 Å². The monoisotopic (exact) mass is 261 g/mol. The predicted octanol–water partition coefficient (Wildman–Crippen LogP) is 2.68. The molecule has 1 unspecified atom stereocenters. The van der Waals surface area contributed by atoms with Crippen LogP contribution in [-0.4, -0.2) is 24.5 Å². The minimum atomic E-state index is 0.148. The molecule has 1 aliphatic carbocycles. The standard InChI is InChI=1S/C16H27N3/c1-12-9-13(2)11-14(10-12)15(18-17)16(19(3)4)7-5-6-8-16/h9-11,15,18H,5-8,17H2,1-4H3. The number of hydrogen-bond acceptors (Lipinski definition) is 3. The number of hydrogen-bond donors (Lipinski definition) is 2. The van der Waals surface area contributed by atoms with Crippen molar-refractivity contribution in [1.82, 2.24) is 10.3 Å². The first-order chi connectivity index (χ1) is 8.99. The number of aryl methyl sites for hydroxylation is 2. The minimum absolute atomic E-state index is 0.148. The van der Waals surface area contributed by atoms with Crippen LogP contribution in [0.3, 0.4) is 0 Å². The second-order valence-electron chi connectivity index (χ2n) is 6.23. The largest absolute Gasteiger partial charge is 0.302 e. The van der Waals surface area contributed by atoms with E-state index < -0.39 is 0 Å². The van der Waals surface area contributed by atoms with Crippen LogP contribution in [0.2, 0.25) is 0 Å². The third kappa shape index (κ3) is 2.69. The topological polar surface area (TPSA) is 41.3 Å². The van der Waals surface area contributed by atoms with Crippen molar-refractivity contribution in [1.29, 1.82) is 0 Å². The molecule has 1 fully saturated rings. The van der Waals surface area contributed by atoms with Gasteiger partial charge in [-0.3, -0.25) is 11.3 Å². The van der Waals surface area contributed by atoms with E-state index in [9.17, 15) is 0 Å². The number of nitrogens with one attached hydrogen (secondary N) is 1. The molecule has 1 saturated carbocycles. The average molecular weight is 261 g/mol. The van der Waals surface area contributed by atoms with Gasteiger partial charge in [0.1, 0.15) is 0 Å². The molecule has 19 heavy (non-hydrogen) atoms. The molecule has 0 aliphatic heterocycles. The highest BCUT2D eigenvalue weighted by molar-refractivity contribution is 5.33. The van der Waals surface area contributed by atoms with Crippen LogP contribution < -0.4 is 11.3 Å². The molecule has 0 saturated heterocycles. The zero-order valence-corrected chi connectivity index (χ0v) is 12.7. The van der Waals surface area contributed by atoms with Gasteiger partial charge in [-0.2, -0.15) is 0 Å². The van der Waals surface area contributed by atoms with Gasteiger partial charge in [-0.1, -0.05) is 42.2 Å². The van der Waals surface area contributed by atoms with E-state index in [2.05, 4.69) is 56.5 Å². The fraction of sp³-hybridized carbons (Fsp3) is 0.625. The lowest BCUT2D eigenvalue weighted by atomic mass is 9.82. The molecule has 1 aliphatic rings. The Labute approximate surface area is 117 Å². The fourth-order valence-corrected chi connectivity index (χ4v) is 3.72. The van der Waals surface area contributed by atoms with Crippen molar-refractivity contribution in [2.45, 2.75) is 51.1 Å². The Balaban J connectivity index is 2.42. The molecule has 1 aromatic carbocycles. The quantitative estimate of drug-likeness (QED) is 0.647. The van der Waals surface area contributed by atoms with Crippen molar-refractivity contribution < 1.29 is 0 Å². The summed E-state index contributed by atoms with van der Waals surface area (Å²) < 4.78 is 0. The number of nitrogens with two attached hydrogens (primary N) is 1. The maximum atomic E-state index is 5.93. The van der Waals surface area contributed by atoms with E-state index in [1.807, 2.05) is 0 Å². The molecule has 0 aromatic heterocycles. The van der Waals surface area contributed by atoms with E-state index in [0.29, 0.717) is 0 Å². The summed E-state index contributed by atoms with van der Waals surface area (Å²) in [4.78, 5) is 2.36. The maximum absolute atomic E-state index is 5.93. The maximum Gasteiger partial charge on any atom is 0.0643 e. The normalized spacial score (nSPS) is 19.9. The first-order valence-corrected chi connectivity index (χ1v) is 7.21. The average Bonchev–Trinajstić information content (AvgIpc) is 2.79. The van der Waals surface area contributed by atoms with Gasteiger partial charge in [0.05, 0.1) is 6.04 Å². The van der Waals surface area contributed by atoms with E-state index in [0.717, 1.165) is 0 Å². The van der Waals surface area contributed by atoms with Gasteiger partial charge in [0.15, 0.2) is 0 Å². The number of nitrogens with zero attached hydrogens (tertiary/aromatic N) is 1. The Bertz CT molecular complexity index is 413. The van der Waals surface area contributed by atoms with Crippen LogP contribution in [0.15, 0.2) is 18.2 Å². The fourth-order valence-electron chi connectivity index (χ4n) is 3.72. The number of benzene rings is 1. The minimum Gasteiger partial charge on any atom is -0.302 e. The van der Waals surface area contributed by atoms with Gasteiger partial charge in [0.2, 0.25) is 0 Å². The molecule has 3 N–H and O–H groups in total. The molecule has 106 valence electrons. The molecule has 3 nitrogen and oxygen atoms in total. The molecule has 1 aromatic rings. The molecule has 0 spiro atoms. The number of likely N-dealkylation sites (N-methyl/N-ethyl adjacent to an activating group) is 1. The van der Waals surface area contributed by atoms with Crippen LogP contribution in [0.25, 0.3) is 0 Å². The van der Waals surface area contributed by atoms with E-state index in [-0.39, 0.29) is 11.6 Å². The van der Waals surface area contributed by atoms with Crippen LogP contribution in [0.5, 0.6) is 0 Å². The lowest BCUT2D eigenvalue weighted by Gasteiger charge is -2.43. The summed E-state index contributed by atoms with van der Waals surface area (Å²) in [6.45, 7) is 4.31. The van der Waals surface area contributed by atoms with Gasteiger partial charge in [0, 0.05) is 5.54 Å². The van der Waals surface area contributed by atoms with Crippen LogP contribution in [0.1, 0.15) is 48.4 Å². The van der Waals surface area contributed by atoms with Gasteiger partial charge in [0.25, 0.3) is 0 Å². The summed E-state index contributed by atoms with van der Waals surface area (Å²) in [6, 6.07) is 6.94. The molecule has 0 amide bonds. The van der Waals surface area contributed by atoms with Crippen LogP contribution in [0.4, 0.5) is 0 Å². The van der Waals surface area contributed by atoms with Crippen molar-refractivity contribution in [3.05, 3.63) is 34.9 Å². The van der Waals surface area contributed by atoms with Gasteiger partial charge in [-0.15, -0.1) is 0 Å². The summed E-state index contributed by atoms with van der Waals surface area (Å²) in [5.74, 6) is 5.93. The molecule has 1 atom stereocenters. The summed E-state index contributed by atoms with van der Waals surface area (Å²) in [6.07, 6.45) is 5.01. The van der Waals surface area contributed by atoms with Crippen molar-refractivity contribution in [3.8, 4) is 0 Å². The molecular weight excluding hydrogens is 234 g/mol. The summed E-state index contributed by atoms with van der Waals surface area (Å²) in [5.41, 5.74) is 7.17. The van der Waals surface area contributed by atoms with E-state index in [1.165, 1.54) is 42.4 Å². The van der Waals surface area contributed by atoms with Crippen molar-refractivity contribution >= 4 is 0 Å². The Morgan fingerprint density at radius 2 is 1.63 bits per heavy atom. The summed E-state index contributed by atoms with van der Waals surface area (Å²) in [7, 11) is 4.36. The SMILES string of the molecule is Cc1cc(C)cc(C(NN)C2(N(C)C)CCCC2)c1. The summed E-state index contributed by atoms with van der Waals surface area (Å²) in [5, 5.41) is 0. The van der Waals surface area contributed by atoms with Gasteiger partial charge >= 0.3 is 0 Å². The molecule has 0 heterocycles. The van der Waals surface area contributed by atoms with Gasteiger partial charge < -0.3 is 4.90 Å². The van der Waals surface area contributed by atoms with E-state index >= 15 is 0 Å². The third-order valence-corrected chi connectivity index (χ3v) is 4.64. The predicted molar refractivity (Wildman–Crippen MR) is 80.9 cm³/mol. The van der Waals surface area contributed by atoms with Gasteiger partial charge in [-0.25, -0.2) is 0 Å². The Morgan fingerprint density at radius 3 is 2.05 bits per heavy atom. The van der Waals surface area contributed by atoms with Crippen molar-refractivity contribution in [2.75, 3.05) is 14.1 Å². The highest BCUT2D eigenvalue weighted by atomic mass is 15.3. The smallest absolute Gasteiger partial charge is 0.0643 e. The zero-order valence-electron chi connectivity index (χ0n) is 12.7. The van der Waals surface area contributed by atoms with Crippen LogP contribution in [-0.2, 0) is 0 Å². The second-order valence-corrected chi connectivity index (χ2v) is 6.23. The van der Waals surface area contributed by atoms with E-state index in [4.69, 9.17) is 5.84 Å². The highest BCUT2D eigenvalue weighted by Gasteiger charge is 2.43. The van der Waals surface area contributed by atoms with E-state index in [1.54, 1.807) is 0 Å². The molecule has 0 radical (unpaired) electrons. The van der Waals surface area contributed by atoms with Crippen LogP contribution >= 0.6 is 0 Å². The lowest BCUT2D eigenvalue weighted by molar-refractivity contribution is 0.105.